The first-order valence-corrected chi connectivity index (χ1v) is 14.0. The summed E-state index contributed by atoms with van der Waals surface area (Å²) in [5, 5.41) is 11.3. The van der Waals surface area contributed by atoms with Crippen molar-refractivity contribution in [3.05, 3.63) is 77.9 Å². The SMILES string of the molecule is C/C=C/C(O)(c1ccccc1)[C@H](C[Si](C)(C)C)S(=O)c1ccc(C)cc1. The van der Waals surface area contributed by atoms with Gasteiger partial charge in [0.15, 0.2) is 0 Å². The minimum Gasteiger partial charge on any atom is -0.380 e. The highest BCUT2D eigenvalue weighted by Crippen LogP contribution is 2.37. The fourth-order valence-corrected chi connectivity index (χ4v) is 7.94. The van der Waals surface area contributed by atoms with Gasteiger partial charge in [0.1, 0.15) is 5.60 Å². The van der Waals surface area contributed by atoms with Crippen molar-refractivity contribution < 1.29 is 9.32 Å². The van der Waals surface area contributed by atoms with Crippen LogP contribution in [0.1, 0.15) is 18.1 Å². The molecule has 0 aromatic heterocycles. The van der Waals surface area contributed by atoms with E-state index in [-0.39, 0.29) is 0 Å². The van der Waals surface area contributed by atoms with Gasteiger partial charge in [0.25, 0.3) is 0 Å². The number of aryl methyl sites for hydroxylation is 1. The Morgan fingerprint density at radius 3 is 2.15 bits per heavy atom. The molecule has 2 aromatic rings. The zero-order valence-electron chi connectivity index (χ0n) is 16.4. The summed E-state index contributed by atoms with van der Waals surface area (Å²) in [6.45, 7) is 10.7. The van der Waals surface area contributed by atoms with Gasteiger partial charge >= 0.3 is 0 Å². The Morgan fingerprint density at radius 1 is 1.08 bits per heavy atom. The second-order valence-corrected chi connectivity index (χ2v) is 15.2. The molecule has 0 aliphatic carbocycles. The first kappa shape index (κ1) is 20.8. The van der Waals surface area contributed by atoms with Crippen molar-refractivity contribution in [1.29, 1.82) is 0 Å². The predicted molar refractivity (Wildman–Crippen MR) is 115 cm³/mol. The standard InChI is InChI=1S/C22H30O2SSi/c1-6-16-22(23,19-10-8-7-9-11-19)21(17-26(3,4)5)25(24)20-14-12-18(2)13-15-20/h6-16,21,23H,17H2,1-5H3/b16-6+/t21-,22?,25?/m0/s1. The van der Waals surface area contributed by atoms with Gasteiger partial charge in [0.05, 0.1) is 16.0 Å². The van der Waals surface area contributed by atoms with Gasteiger partial charge in [0, 0.05) is 13.0 Å². The van der Waals surface area contributed by atoms with Crippen LogP contribution >= 0.6 is 0 Å². The zero-order chi connectivity index (χ0) is 19.4. The van der Waals surface area contributed by atoms with Gasteiger partial charge in [-0.2, -0.15) is 0 Å². The predicted octanol–water partition coefficient (Wildman–Crippen LogP) is 5.27. The summed E-state index contributed by atoms with van der Waals surface area (Å²) in [5.41, 5.74) is 0.674. The minimum atomic E-state index is -1.59. The first-order valence-electron chi connectivity index (χ1n) is 9.06. The van der Waals surface area contributed by atoms with Crippen molar-refractivity contribution >= 4 is 18.9 Å². The van der Waals surface area contributed by atoms with E-state index in [4.69, 9.17) is 0 Å². The lowest BCUT2D eigenvalue weighted by Gasteiger charge is -2.37. The topological polar surface area (TPSA) is 37.3 Å². The number of hydrogen-bond acceptors (Lipinski definition) is 2. The number of benzene rings is 2. The van der Waals surface area contributed by atoms with Gasteiger partial charge in [-0.15, -0.1) is 0 Å². The van der Waals surface area contributed by atoms with Gasteiger partial charge in [-0.05, 0) is 37.6 Å². The number of rotatable bonds is 7. The van der Waals surface area contributed by atoms with Crippen LogP contribution in [-0.4, -0.2) is 22.6 Å². The molecular weight excluding hydrogens is 356 g/mol. The summed E-state index contributed by atoms with van der Waals surface area (Å²) in [7, 11) is -2.90. The maximum absolute atomic E-state index is 13.6. The van der Waals surface area contributed by atoms with Crippen molar-refractivity contribution in [2.75, 3.05) is 0 Å². The molecule has 0 saturated heterocycles. The van der Waals surface area contributed by atoms with Crippen molar-refractivity contribution in [3.63, 3.8) is 0 Å². The molecule has 2 unspecified atom stereocenters. The minimum absolute atomic E-state index is 0.393. The molecule has 1 N–H and O–H groups in total. The van der Waals surface area contributed by atoms with E-state index >= 15 is 0 Å². The second kappa shape index (κ2) is 8.46. The van der Waals surface area contributed by atoms with E-state index in [1.165, 1.54) is 0 Å². The molecule has 0 radical (unpaired) electrons. The smallest absolute Gasteiger partial charge is 0.122 e. The molecule has 26 heavy (non-hydrogen) atoms. The average Bonchev–Trinajstić information content (AvgIpc) is 2.60. The van der Waals surface area contributed by atoms with Gasteiger partial charge in [0.2, 0.25) is 0 Å². The van der Waals surface area contributed by atoms with Gasteiger partial charge in [-0.3, -0.25) is 4.21 Å². The van der Waals surface area contributed by atoms with Crippen LogP contribution in [0.3, 0.4) is 0 Å². The second-order valence-electron chi connectivity index (χ2n) is 8.06. The third-order valence-electron chi connectivity index (χ3n) is 4.46. The summed E-state index contributed by atoms with van der Waals surface area (Å²) >= 11 is 0. The maximum Gasteiger partial charge on any atom is 0.122 e. The van der Waals surface area contributed by atoms with E-state index in [0.29, 0.717) is 0 Å². The molecule has 0 fully saturated rings. The monoisotopic (exact) mass is 386 g/mol. The van der Waals surface area contributed by atoms with Crippen LogP contribution in [0.4, 0.5) is 0 Å². The third kappa shape index (κ3) is 5.03. The van der Waals surface area contributed by atoms with Crippen LogP contribution in [0.15, 0.2) is 71.6 Å². The molecule has 2 aromatic carbocycles. The van der Waals surface area contributed by atoms with E-state index < -0.39 is 29.7 Å². The van der Waals surface area contributed by atoms with E-state index in [0.717, 1.165) is 22.1 Å². The molecule has 0 saturated carbocycles. The summed E-state index contributed by atoms with van der Waals surface area (Å²) in [6.07, 6.45) is 3.66. The molecule has 2 rings (SSSR count). The number of allylic oxidation sites excluding steroid dienone is 1. The van der Waals surface area contributed by atoms with Crippen LogP contribution in [0, 0.1) is 6.92 Å². The van der Waals surface area contributed by atoms with Crippen LogP contribution in [-0.2, 0) is 16.4 Å². The molecule has 3 atom stereocenters. The fraction of sp³-hybridized carbons (Fsp3) is 0.364. The van der Waals surface area contributed by atoms with Crippen LogP contribution < -0.4 is 0 Å². The highest BCUT2D eigenvalue weighted by Gasteiger charge is 2.42. The zero-order valence-corrected chi connectivity index (χ0v) is 18.2. The van der Waals surface area contributed by atoms with E-state index in [2.05, 4.69) is 19.6 Å². The number of hydrogen-bond donors (Lipinski definition) is 1. The molecule has 2 nitrogen and oxygen atoms in total. The molecule has 0 heterocycles. The Labute approximate surface area is 161 Å². The molecule has 140 valence electrons. The molecule has 0 aliphatic rings. The molecule has 0 spiro atoms. The van der Waals surface area contributed by atoms with Crippen molar-refractivity contribution in [1.82, 2.24) is 0 Å². The van der Waals surface area contributed by atoms with Gasteiger partial charge in [-0.25, -0.2) is 0 Å². The Bertz CT molecular complexity index is 763. The normalized spacial score (nSPS) is 17.0. The summed E-state index contributed by atoms with van der Waals surface area (Å²) in [4.78, 5) is 0.776. The number of aliphatic hydroxyl groups is 1. The van der Waals surface area contributed by atoms with Gasteiger partial charge in [-0.1, -0.05) is 79.8 Å². The largest absolute Gasteiger partial charge is 0.380 e. The Morgan fingerprint density at radius 2 is 1.65 bits per heavy atom. The Balaban J connectivity index is 2.57. The van der Waals surface area contributed by atoms with E-state index in [1.54, 1.807) is 6.08 Å². The Hall–Kier alpha value is -1.49. The lowest BCUT2D eigenvalue weighted by atomic mass is 9.90. The van der Waals surface area contributed by atoms with Crippen LogP contribution in [0.5, 0.6) is 0 Å². The first-order chi connectivity index (χ1) is 12.2. The summed E-state index contributed by atoms with van der Waals surface area (Å²) < 4.78 is 13.6. The maximum atomic E-state index is 13.6. The van der Waals surface area contributed by atoms with Crippen molar-refractivity contribution in [2.45, 2.75) is 55.3 Å². The van der Waals surface area contributed by atoms with E-state index in [9.17, 15) is 9.32 Å². The lowest BCUT2D eigenvalue weighted by molar-refractivity contribution is 0.0893. The lowest BCUT2D eigenvalue weighted by Crippen LogP contribution is -2.45. The van der Waals surface area contributed by atoms with E-state index in [1.807, 2.05) is 74.5 Å². The van der Waals surface area contributed by atoms with Crippen LogP contribution in [0.25, 0.3) is 0 Å². The Kier molecular flexibility index (Phi) is 6.78. The molecule has 0 bridgehead atoms. The molecular formula is C22H30O2SSi. The van der Waals surface area contributed by atoms with Crippen molar-refractivity contribution in [2.24, 2.45) is 0 Å². The van der Waals surface area contributed by atoms with Crippen molar-refractivity contribution in [3.8, 4) is 0 Å². The summed E-state index contributed by atoms with van der Waals surface area (Å²) in [5.74, 6) is 0. The highest BCUT2D eigenvalue weighted by molar-refractivity contribution is 7.86. The highest BCUT2D eigenvalue weighted by atomic mass is 32.2. The molecule has 0 amide bonds. The molecule has 0 aliphatic heterocycles. The quantitative estimate of drug-likeness (QED) is 0.520. The average molecular weight is 387 g/mol. The third-order valence-corrected chi connectivity index (χ3v) is 8.17. The van der Waals surface area contributed by atoms with Crippen LogP contribution in [0.2, 0.25) is 25.7 Å². The molecule has 4 heteroatoms. The summed E-state index contributed by atoms with van der Waals surface area (Å²) in [6, 6.07) is 18.2. The van der Waals surface area contributed by atoms with Gasteiger partial charge < -0.3 is 5.11 Å². The fourth-order valence-electron chi connectivity index (χ4n) is 3.14.